The van der Waals surface area contributed by atoms with Gasteiger partial charge in [-0.05, 0) is 33.6 Å². The summed E-state index contributed by atoms with van der Waals surface area (Å²) >= 11 is 0. The van der Waals surface area contributed by atoms with Gasteiger partial charge in [0, 0.05) is 11.5 Å². The average Bonchev–Trinajstić information content (AvgIpc) is 2.31. The Hall–Kier alpha value is -0.530. The molecule has 0 aromatic heterocycles. The van der Waals surface area contributed by atoms with E-state index in [0.29, 0.717) is 0 Å². The Morgan fingerprint density at radius 3 is 1.61 bits per heavy atom. The molecule has 1 N–H and O–H groups in total. The van der Waals surface area contributed by atoms with Crippen LogP contribution in [0, 0.1) is 5.92 Å². The molecular weight excluding hydrogens is 222 g/mol. The predicted molar refractivity (Wildman–Crippen MR) is 77.6 cm³/mol. The van der Waals surface area contributed by atoms with E-state index in [1.165, 1.54) is 51.4 Å². The van der Waals surface area contributed by atoms with E-state index in [1.807, 2.05) is 0 Å². The fourth-order valence-corrected chi connectivity index (χ4v) is 2.72. The lowest BCUT2D eigenvalue weighted by Crippen LogP contribution is -2.43. The van der Waals surface area contributed by atoms with E-state index in [4.69, 9.17) is 0 Å². The minimum Gasteiger partial charge on any atom is -0.351 e. The van der Waals surface area contributed by atoms with Gasteiger partial charge in [0.25, 0.3) is 0 Å². The number of hydrogen-bond acceptors (Lipinski definition) is 1. The third-order valence-corrected chi connectivity index (χ3v) is 3.72. The number of amides is 1. The van der Waals surface area contributed by atoms with Crippen LogP contribution in [0.15, 0.2) is 0 Å². The second-order valence-corrected chi connectivity index (χ2v) is 6.84. The minimum absolute atomic E-state index is 0.0940. The molecule has 0 spiro atoms. The Balaban J connectivity index is 2.45. The van der Waals surface area contributed by atoms with Gasteiger partial charge in [0.1, 0.15) is 0 Å². The Labute approximate surface area is 113 Å². The molecule has 1 rings (SSSR count). The molecule has 0 bridgehead atoms. The summed E-state index contributed by atoms with van der Waals surface area (Å²) in [6.07, 6.45) is 12.7. The maximum atomic E-state index is 12.3. The standard InChI is InChI=1S/C16H31NO/c1-16(2,3)17-15(18)14-12-10-8-6-4-5-7-9-11-13-14/h14H,4-13H2,1-3H3,(H,17,18). The number of carbonyl (C=O) groups is 1. The van der Waals surface area contributed by atoms with E-state index in [2.05, 4.69) is 26.1 Å². The molecule has 1 fully saturated rings. The highest BCUT2D eigenvalue weighted by molar-refractivity contribution is 5.79. The predicted octanol–water partition coefficient (Wildman–Crippen LogP) is 4.43. The zero-order chi connectivity index (χ0) is 13.4. The first-order valence-corrected chi connectivity index (χ1v) is 7.81. The Bertz CT molecular complexity index is 230. The molecule has 0 saturated heterocycles. The summed E-state index contributed by atoms with van der Waals surface area (Å²) in [5.41, 5.74) is -0.0940. The SMILES string of the molecule is CC(C)(C)NC(=O)C1CCCCCCCCCC1. The molecule has 0 aliphatic heterocycles. The fourth-order valence-electron chi connectivity index (χ4n) is 2.72. The van der Waals surface area contributed by atoms with Gasteiger partial charge in [0.2, 0.25) is 5.91 Å². The van der Waals surface area contributed by atoms with Gasteiger partial charge in [-0.15, -0.1) is 0 Å². The molecule has 1 saturated carbocycles. The number of hydrogen-bond donors (Lipinski definition) is 1. The minimum atomic E-state index is -0.0940. The van der Waals surface area contributed by atoms with Crippen LogP contribution in [0.2, 0.25) is 0 Å². The summed E-state index contributed by atoms with van der Waals surface area (Å²) in [5, 5.41) is 3.15. The lowest BCUT2D eigenvalue weighted by atomic mass is 9.93. The van der Waals surface area contributed by atoms with Gasteiger partial charge in [0.15, 0.2) is 0 Å². The van der Waals surface area contributed by atoms with Crippen LogP contribution in [0.25, 0.3) is 0 Å². The molecule has 0 heterocycles. The molecule has 2 heteroatoms. The first kappa shape index (κ1) is 15.5. The number of nitrogens with one attached hydrogen (secondary N) is 1. The normalized spacial score (nSPS) is 21.1. The summed E-state index contributed by atoms with van der Waals surface area (Å²) in [7, 11) is 0. The van der Waals surface area contributed by atoms with E-state index in [1.54, 1.807) is 0 Å². The van der Waals surface area contributed by atoms with Gasteiger partial charge in [0.05, 0.1) is 0 Å². The van der Waals surface area contributed by atoms with E-state index < -0.39 is 0 Å². The largest absolute Gasteiger partial charge is 0.351 e. The second kappa shape index (κ2) is 7.81. The van der Waals surface area contributed by atoms with Gasteiger partial charge in [-0.25, -0.2) is 0 Å². The molecule has 1 amide bonds. The summed E-state index contributed by atoms with van der Waals surface area (Å²) in [4.78, 5) is 12.3. The number of carbonyl (C=O) groups excluding carboxylic acids is 1. The molecule has 0 unspecified atom stereocenters. The second-order valence-electron chi connectivity index (χ2n) is 6.84. The van der Waals surface area contributed by atoms with Crippen LogP contribution >= 0.6 is 0 Å². The van der Waals surface area contributed by atoms with Crippen molar-refractivity contribution in [2.24, 2.45) is 5.92 Å². The van der Waals surface area contributed by atoms with Crippen molar-refractivity contribution in [1.82, 2.24) is 5.32 Å². The molecule has 18 heavy (non-hydrogen) atoms. The molecule has 106 valence electrons. The van der Waals surface area contributed by atoms with Crippen molar-refractivity contribution in [3.63, 3.8) is 0 Å². The monoisotopic (exact) mass is 253 g/mol. The molecule has 0 aromatic carbocycles. The Morgan fingerprint density at radius 2 is 1.22 bits per heavy atom. The topological polar surface area (TPSA) is 29.1 Å². The molecular formula is C16H31NO. The van der Waals surface area contributed by atoms with Crippen LogP contribution < -0.4 is 5.32 Å². The van der Waals surface area contributed by atoms with Crippen LogP contribution in [0.5, 0.6) is 0 Å². The average molecular weight is 253 g/mol. The van der Waals surface area contributed by atoms with Gasteiger partial charge < -0.3 is 5.32 Å². The maximum Gasteiger partial charge on any atom is 0.223 e. The van der Waals surface area contributed by atoms with Crippen molar-refractivity contribution in [3.8, 4) is 0 Å². The zero-order valence-corrected chi connectivity index (χ0v) is 12.6. The number of rotatable bonds is 1. The van der Waals surface area contributed by atoms with Gasteiger partial charge in [-0.3, -0.25) is 4.79 Å². The fraction of sp³-hybridized carbons (Fsp3) is 0.938. The van der Waals surface area contributed by atoms with E-state index in [0.717, 1.165) is 12.8 Å². The highest BCUT2D eigenvalue weighted by Crippen LogP contribution is 2.22. The van der Waals surface area contributed by atoms with Crippen molar-refractivity contribution in [2.45, 2.75) is 90.5 Å². The quantitative estimate of drug-likeness (QED) is 0.736. The van der Waals surface area contributed by atoms with Crippen LogP contribution in [-0.2, 0) is 4.79 Å². The molecule has 2 nitrogen and oxygen atoms in total. The summed E-state index contributed by atoms with van der Waals surface area (Å²) in [6.45, 7) is 6.20. The van der Waals surface area contributed by atoms with E-state index >= 15 is 0 Å². The van der Waals surface area contributed by atoms with Crippen LogP contribution in [-0.4, -0.2) is 11.4 Å². The summed E-state index contributed by atoms with van der Waals surface area (Å²) < 4.78 is 0. The van der Waals surface area contributed by atoms with Crippen molar-refractivity contribution in [1.29, 1.82) is 0 Å². The first-order valence-electron chi connectivity index (χ1n) is 7.81. The zero-order valence-electron chi connectivity index (χ0n) is 12.6. The van der Waals surface area contributed by atoms with Crippen molar-refractivity contribution >= 4 is 5.91 Å². The third kappa shape index (κ3) is 7.03. The maximum absolute atomic E-state index is 12.3. The van der Waals surface area contributed by atoms with Gasteiger partial charge in [-0.2, -0.15) is 0 Å². The van der Waals surface area contributed by atoms with Crippen molar-refractivity contribution in [3.05, 3.63) is 0 Å². The van der Waals surface area contributed by atoms with Crippen LogP contribution in [0.1, 0.15) is 85.0 Å². The molecule has 0 atom stereocenters. The Morgan fingerprint density at radius 1 is 0.833 bits per heavy atom. The van der Waals surface area contributed by atoms with E-state index in [9.17, 15) is 4.79 Å². The highest BCUT2D eigenvalue weighted by Gasteiger charge is 2.22. The summed E-state index contributed by atoms with van der Waals surface area (Å²) in [6, 6.07) is 0. The van der Waals surface area contributed by atoms with Crippen molar-refractivity contribution in [2.75, 3.05) is 0 Å². The first-order chi connectivity index (χ1) is 8.49. The van der Waals surface area contributed by atoms with Gasteiger partial charge in [-0.1, -0.05) is 51.4 Å². The van der Waals surface area contributed by atoms with Crippen LogP contribution in [0.3, 0.4) is 0 Å². The van der Waals surface area contributed by atoms with Crippen LogP contribution in [0.4, 0.5) is 0 Å². The van der Waals surface area contributed by atoms with Crippen molar-refractivity contribution < 1.29 is 4.79 Å². The van der Waals surface area contributed by atoms with Gasteiger partial charge >= 0.3 is 0 Å². The third-order valence-electron chi connectivity index (χ3n) is 3.72. The molecule has 0 aromatic rings. The van der Waals surface area contributed by atoms with E-state index in [-0.39, 0.29) is 17.4 Å². The smallest absolute Gasteiger partial charge is 0.223 e. The highest BCUT2D eigenvalue weighted by atomic mass is 16.2. The molecule has 0 radical (unpaired) electrons. The Kier molecular flexibility index (Phi) is 6.73. The summed E-state index contributed by atoms with van der Waals surface area (Å²) in [5.74, 6) is 0.532. The lowest BCUT2D eigenvalue weighted by molar-refractivity contribution is -0.127. The molecule has 1 aliphatic rings. The molecule has 1 aliphatic carbocycles. The lowest BCUT2D eigenvalue weighted by Gasteiger charge is -2.25.